The Hall–Kier alpha value is -4.44. The molecule has 0 aliphatic heterocycles. The Balaban J connectivity index is 1.42. The lowest BCUT2D eigenvalue weighted by Crippen LogP contribution is -2.18. The number of carbonyl (C=O) groups is 1. The molecule has 5 aromatic rings. The summed E-state index contributed by atoms with van der Waals surface area (Å²) in [6.45, 7) is 0. The number of nitrogens with one attached hydrogen (secondary N) is 1. The van der Waals surface area contributed by atoms with Crippen LogP contribution in [-0.4, -0.2) is 40.8 Å². The number of nitrogens with zero attached hydrogens (tertiary/aromatic N) is 4. The van der Waals surface area contributed by atoms with Gasteiger partial charge in [0.15, 0.2) is 9.84 Å². The molecule has 0 radical (unpaired) electrons. The third kappa shape index (κ3) is 4.38. The van der Waals surface area contributed by atoms with Crippen LogP contribution in [0.15, 0.2) is 89.8 Å². The largest absolute Gasteiger partial charge is 0.319 e. The van der Waals surface area contributed by atoms with Crippen LogP contribution in [0.1, 0.15) is 10.6 Å². The molecule has 0 saturated heterocycles. The fourth-order valence-corrected chi connectivity index (χ4v) is 4.71. The number of amides is 1. The summed E-state index contributed by atoms with van der Waals surface area (Å²) in [5.74, 6) is -1.39. The summed E-state index contributed by atoms with van der Waals surface area (Å²) in [5.41, 5.74) is 1.71. The van der Waals surface area contributed by atoms with Gasteiger partial charge in [-0.15, -0.1) is 5.10 Å². The second-order valence-electron chi connectivity index (χ2n) is 7.86. The van der Waals surface area contributed by atoms with Gasteiger partial charge in [0.2, 0.25) is 5.82 Å². The lowest BCUT2D eigenvalue weighted by molar-refractivity contribution is 0.101. The topological polar surface area (TPSA) is 107 Å². The molecular weight excluding hydrogens is 469 g/mol. The maximum Gasteiger partial charge on any atom is 0.295 e. The zero-order valence-electron chi connectivity index (χ0n) is 18.4. The molecule has 0 bridgehead atoms. The molecule has 8 nitrogen and oxygen atoms in total. The van der Waals surface area contributed by atoms with Crippen LogP contribution in [0.3, 0.4) is 0 Å². The number of hydrogen-bond acceptors (Lipinski definition) is 6. The lowest BCUT2D eigenvalue weighted by Gasteiger charge is -2.10. The van der Waals surface area contributed by atoms with E-state index in [2.05, 4.69) is 20.8 Å². The van der Waals surface area contributed by atoms with E-state index < -0.39 is 21.6 Å². The Morgan fingerprint density at radius 1 is 0.914 bits per heavy atom. The van der Waals surface area contributed by atoms with Crippen molar-refractivity contribution in [3.63, 3.8) is 0 Å². The number of halogens is 1. The first kappa shape index (κ1) is 22.4. The predicted octanol–water partition coefficient (Wildman–Crippen LogP) is 4.28. The molecule has 0 saturated carbocycles. The third-order valence-electron chi connectivity index (χ3n) is 5.46. The van der Waals surface area contributed by atoms with Gasteiger partial charge in [0.25, 0.3) is 5.91 Å². The summed E-state index contributed by atoms with van der Waals surface area (Å²) in [6.07, 6.45) is 1.16. The first-order valence-electron chi connectivity index (χ1n) is 10.5. The van der Waals surface area contributed by atoms with Crippen molar-refractivity contribution in [2.75, 3.05) is 11.6 Å². The standard InChI is InChI=1S/C25H18FN5O3S/c1-35(33,34)23-9-5-4-8-20(23)16-10-12-19(13-11-16)27-25(32)24-28-29-30-31(24)22-15-18-7-3-2-6-17(18)14-21(22)26/h2-15H,1H3,(H,27,32). The highest BCUT2D eigenvalue weighted by Gasteiger charge is 2.20. The summed E-state index contributed by atoms with van der Waals surface area (Å²) in [5, 5.41) is 15.3. The van der Waals surface area contributed by atoms with E-state index in [1.807, 2.05) is 18.2 Å². The first-order valence-corrected chi connectivity index (χ1v) is 12.4. The van der Waals surface area contributed by atoms with Crippen molar-refractivity contribution in [1.82, 2.24) is 20.2 Å². The van der Waals surface area contributed by atoms with Gasteiger partial charge in [-0.3, -0.25) is 4.79 Å². The summed E-state index contributed by atoms with van der Waals surface area (Å²) >= 11 is 0. The van der Waals surface area contributed by atoms with Crippen LogP contribution in [0.4, 0.5) is 10.1 Å². The molecule has 1 heterocycles. The molecule has 1 aromatic heterocycles. The quantitative estimate of drug-likeness (QED) is 0.397. The van der Waals surface area contributed by atoms with E-state index >= 15 is 0 Å². The first-order chi connectivity index (χ1) is 16.8. The molecule has 1 amide bonds. The molecule has 174 valence electrons. The van der Waals surface area contributed by atoms with Crippen molar-refractivity contribution < 1.29 is 17.6 Å². The minimum atomic E-state index is -3.41. The van der Waals surface area contributed by atoms with Crippen molar-refractivity contribution in [2.24, 2.45) is 0 Å². The number of fused-ring (bicyclic) bond motifs is 1. The van der Waals surface area contributed by atoms with E-state index in [-0.39, 0.29) is 16.4 Å². The van der Waals surface area contributed by atoms with Gasteiger partial charge in [-0.25, -0.2) is 12.8 Å². The second-order valence-corrected chi connectivity index (χ2v) is 9.85. The fourth-order valence-electron chi connectivity index (χ4n) is 3.80. The maximum absolute atomic E-state index is 14.8. The van der Waals surface area contributed by atoms with Crippen molar-refractivity contribution in [2.45, 2.75) is 4.90 Å². The predicted molar refractivity (Wildman–Crippen MR) is 130 cm³/mol. The number of aromatic nitrogens is 4. The van der Waals surface area contributed by atoms with Crippen LogP contribution in [0, 0.1) is 5.82 Å². The number of benzene rings is 4. The molecule has 4 aromatic carbocycles. The Labute approximate surface area is 199 Å². The number of rotatable bonds is 5. The van der Waals surface area contributed by atoms with Gasteiger partial charge in [-0.1, -0.05) is 54.6 Å². The second kappa shape index (κ2) is 8.73. The molecule has 0 spiro atoms. The Morgan fingerprint density at radius 3 is 2.29 bits per heavy atom. The van der Waals surface area contributed by atoms with Crippen LogP contribution in [0.2, 0.25) is 0 Å². The van der Waals surface area contributed by atoms with E-state index in [1.54, 1.807) is 60.7 Å². The Kier molecular flexibility index (Phi) is 5.58. The molecule has 10 heteroatoms. The number of carbonyl (C=O) groups excluding carboxylic acids is 1. The molecule has 1 N–H and O–H groups in total. The minimum absolute atomic E-state index is 0.0478. The maximum atomic E-state index is 14.8. The highest BCUT2D eigenvalue weighted by atomic mass is 32.2. The molecule has 5 rings (SSSR count). The average Bonchev–Trinajstić information content (AvgIpc) is 3.33. The number of tetrazole rings is 1. The Bertz CT molecular complexity index is 1680. The summed E-state index contributed by atoms with van der Waals surface area (Å²) < 4.78 is 40.1. The van der Waals surface area contributed by atoms with Crippen LogP contribution < -0.4 is 5.32 Å². The van der Waals surface area contributed by atoms with Gasteiger partial charge in [0.05, 0.1) is 4.90 Å². The molecule has 35 heavy (non-hydrogen) atoms. The summed E-state index contributed by atoms with van der Waals surface area (Å²) in [6, 6.07) is 23.5. The van der Waals surface area contributed by atoms with Crippen LogP contribution in [0.5, 0.6) is 0 Å². The van der Waals surface area contributed by atoms with Crippen molar-refractivity contribution in [1.29, 1.82) is 0 Å². The molecule has 0 atom stereocenters. The molecule has 0 fully saturated rings. The molecule has 0 aliphatic carbocycles. The van der Waals surface area contributed by atoms with Crippen molar-refractivity contribution in [3.05, 3.63) is 96.6 Å². The normalized spacial score (nSPS) is 11.5. The van der Waals surface area contributed by atoms with E-state index in [0.717, 1.165) is 16.3 Å². The number of sulfone groups is 1. The van der Waals surface area contributed by atoms with Crippen molar-refractivity contribution >= 4 is 32.2 Å². The van der Waals surface area contributed by atoms with E-state index in [0.29, 0.717) is 22.2 Å². The van der Waals surface area contributed by atoms with Crippen LogP contribution >= 0.6 is 0 Å². The van der Waals surface area contributed by atoms with E-state index in [9.17, 15) is 17.6 Å². The molecule has 0 unspecified atom stereocenters. The highest BCUT2D eigenvalue weighted by molar-refractivity contribution is 7.90. The SMILES string of the molecule is CS(=O)(=O)c1ccccc1-c1ccc(NC(=O)c2nnnn2-c2cc3ccccc3cc2F)cc1. The summed E-state index contributed by atoms with van der Waals surface area (Å²) in [4.78, 5) is 13.1. The fraction of sp³-hybridized carbons (Fsp3) is 0.0400. The zero-order chi connectivity index (χ0) is 24.6. The molecular formula is C25H18FN5O3S. The minimum Gasteiger partial charge on any atom is -0.319 e. The molecule has 0 aliphatic rings. The summed E-state index contributed by atoms with van der Waals surface area (Å²) in [7, 11) is -3.41. The van der Waals surface area contributed by atoms with Gasteiger partial charge < -0.3 is 5.32 Å². The average molecular weight is 488 g/mol. The smallest absolute Gasteiger partial charge is 0.295 e. The van der Waals surface area contributed by atoms with Gasteiger partial charge in [-0.2, -0.15) is 4.68 Å². The van der Waals surface area contributed by atoms with Crippen molar-refractivity contribution in [3.8, 4) is 16.8 Å². The van der Waals surface area contributed by atoms with E-state index in [4.69, 9.17) is 0 Å². The van der Waals surface area contributed by atoms with Crippen LogP contribution in [0.25, 0.3) is 27.6 Å². The highest BCUT2D eigenvalue weighted by Crippen LogP contribution is 2.28. The third-order valence-corrected chi connectivity index (χ3v) is 6.61. The lowest BCUT2D eigenvalue weighted by atomic mass is 10.1. The monoisotopic (exact) mass is 487 g/mol. The zero-order valence-corrected chi connectivity index (χ0v) is 19.2. The van der Waals surface area contributed by atoms with Crippen LogP contribution in [-0.2, 0) is 9.84 Å². The van der Waals surface area contributed by atoms with Gasteiger partial charge in [-0.05, 0) is 57.1 Å². The number of hydrogen-bond donors (Lipinski definition) is 1. The number of anilines is 1. The van der Waals surface area contributed by atoms with Gasteiger partial charge in [0, 0.05) is 17.5 Å². The van der Waals surface area contributed by atoms with Gasteiger partial charge in [0.1, 0.15) is 11.5 Å². The van der Waals surface area contributed by atoms with E-state index in [1.165, 1.54) is 6.07 Å². The van der Waals surface area contributed by atoms with Gasteiger partial charge >= 0.3 is 0 Å². The Morgan fingerprint density at radius 2 is 1.57 bits per heavy atom.